The van der Waals surface area contributed by atoms with Crippen molar-refractivity contribution in [2.24, 2.45) is 5.41 Å². The number of pyridine rings is 1. The van der Waals surface area contributed by atoms with E-state index in [9.17, 15) is 9.18 Å². The van der Waals surface area contributed by atoms with E-state index in [4.69, 9.17) is 26.1 Å². The number of halogens is 2. The summed E-state index contributed by atoms with van der Waals surface area (Å²) < 4.78 is 27.1. The standard InChI is InChI=1S/C37H41ClFN7O3.C2H6/c1-5-46(23(2)3)35(47)28-16-26(39)11-12-31(28)49-34-33(41-36(38)43-42-34)45-21-37(22-45)17-27(18-37)48-32-13-14-40-30-15-24(4)44(20-29(30)32)19-25-9-7-6-8-10-25;1-2/h6-14,16,23-24,27H,5,15,17-22H2,1-4H3;1-2H3. The fourth-order valence-electron chi connectivity index (χ4n) is 7.43. The Morgan fingerprint density at radius 2 is 1.82 bits per heavy atom. The predicted octanol–water partition coefficient (Wildman–Crippen LogP) is 7.74. The highest BCUT2D eigenvalue weighted by molar-refractivity contribution is 6.28. The summed E-state index contributed by atoms with van der Waals surface area (Å²) in [6.07, 6.45) is 4.68. The number of carbonyl (C=O) groups excluding carboxylic acids is 1. The molecule has 1 atom stereocenters. The second kappa shape index (κ2) is 15.5. The van der Waals surface area contributed by atoms with E-state index in [1.165, 1.54) is 29.3 Å². The van der Waals surface area contributed by atoms with E-state index in [1.807, 2.05) is 46.9 Å². The van der Waals surface area contributed by atoms with Gasteiger partial charge in [-0.15, -0.1) is 10.2 Å². The molecule has 2 aromatic heterocycles. The van der Waals surface area contributed by atoms with E-state index in [2.05, 4.69) is 62.2 Å². The Morgan fingerprint density at radius 3 is 2.53 bits per heavy atom. The Morgan fingerprint density at radius 1 is 1.08 bits per heavy atom. The number of nitrogens with zero attached hydrogens (tertiary/aromatic N) is 7. The molecule has 2 aromatic carbocycles. The van der Waals surface area contributed by atoms with Gasteiger partial charge in [-0.3, -0.25) is 14.7 Å². The molecule has 1 saturated heterocycles. The number of amides is 1. The van der Waals surface area contributed by atoms with Gasteiger partial charge in [0.15, 0.2) is 5.82 Å². The number of ether oxygens (including phenoxy) is 2. The molecule has 270 valence electrons. The van der Waals surface area contributed by atoms with Crippen molar-refractivity contribution in [2.45, 2.75) is 92.1 Å². The number of benzene rings is 2. The third-order valence-electron chi connectivity index (χ3n) is 9.99. The van der Waals surface area contributed by atoms with Crippen molar-refractivity contribution in [1.29, 1.82) is 0 Å². The molecule has 51 heavy (non-hydrogen) atoms. The lowest BCUT2D eigenvalue weighted by Crippen LogP contribution is -2.65. The molecule has 1 unspecified atom stereocenters. The van der Waals surface area contributed by atoms with Crippen LogP contribution in [-0.2, 0) is 19.5 Å². The zero-order valence-corrected chi connectivity index (χ0v) is 31.0. The maximum absolute atomic E-state index is 14.3. The second-order valence-electron chi connectivity index (χ2n) is 13.8. The van der Waals surface area contributed by atoms with Crippen LogP contribution in [0.15, 0.2) is 60.8 Å². The van der Waals surface area contributed by atoms with Gasteiger partial charge in [-0.05, 0) is 82.0 Å². The van der Waals surface area contributed by atoms with Crippen LogP contribution in [0, 0.1) is 11.2 Å². The van der Waals surface area contributed by atoms with Crippen molar-refractivity contribution in [3.8, 4) is 17.4 Å². The highest BCUT2D eigenvalue weighted by Crippen LogP contribution is 2.52. The summed E-state index contributed by atoms with van der Waals surface area (Å²) in [6.45, 7) is 15.6. The summed E-state index contributed by atoms with van der Waals surface area (Å²) in [5.74, 6) is 0.781. The monoisotopic (exact) mass is 715 g/mol. The number of hydrogen-bond donors (Lipinski definition) is 0. The third-order valence-corrected chi connectivity index (χ3v) is 10.1. The fraction of sp³-hybridized carbons (Fsp3) is 0.462. The first-order valence-corrected chi connectivity index (χ1v) is 18.3. The van der Waals surface area contributed by atoms with Gasteiger partial charge in [-0.1, -0.05) is 44.2 Å². The van der Waals surface area contributed by atoms with Crippen LogP contribution < -0.4 is 14.4 Å². The molecule has 1 saturated carbocycles. The van der Waals surface area contributed by atoms with Crippen LogP contribution in [0.25, 0.3) is 0 Å². The van der Waals surface area contributed by atoms with Crippen LogP contribution >= 0.6 is 11.6 Å². The summed E-state index contributed by atoms with van der Waals surface area (Å²) in [4.78, 5) is 28.7. The van der Waals surface area contributed by atoms with Crippen LogP contribution in [0.1, 0.15) is 81.6 Å². The summed E-state index contributed by atoms with van der Waals surface area (Å²) >= 11 is 6.19. The summed E-state index contributed by atoms with van der Waals surface area (Å²) in [6, 6.07) is 16.8. The van der Waals surface area contributed by atoms with Crippen LogP contribution in [-0.4, -0.2) is 73.7 Å². The lowest BCUT2D eigenvalue weighted by Gasteiger charge is -2.58. The molecule has 3 aliphatic rings. The highest BCUT2D eigenvalue weighted by atomic mass is 35.5. The number of fused-ring (bicyclic) bond motifs is 1. The lowest BCUT2D eigenvalue weighted by molar-refractivity contribution is -0.0354. The molecule has 0 radical (unpaired) electrons. The second-order valence-corrected chi connectivity index (χ2v) is 14.2. The van der Waals surface area contributed by atoms with Crippen LogP contribution in [0.5, 0.6) is 17.4 Å². The molecule has 4 aromatic rings. The van der Waals surface area contributed by atoms with Crippen molar-refractivity contribution < 1.29 is 18.7 Å². The maximum atomic E-state index is 14.3. The highest BCUT2D eigenvalue weighted by Gasteiger charge is 2.54. The number of rotatable bonds is 10. The van der Waals surface area contributed by atoms with E-state index in [0.717, 1.165) is 56.9 Å². The quantitative estimate of drug-likeness (QED) is 0.163. The summed E-state index contributed by atoms with van der Waals surface area (Å²) in [5.41, 5.74) is 3.79. The smallest absolute Gasteiger partial charge is 0.282 e. The van der Waals surface area contributed by atoms with Gasteiger partial charge in [-0.2, -0.15) is 4.98 Å². The van der Waals surface area contributed by atoms with Gasteiger partial charge in [-0.25, -0.2) is 4.39 Å². The molecule has 7 rings (SSSR count). The van der Waals surface area contributed by atoms with E-state index in [-0.39, 0.29) is 45.9 Å². The first kappa shape index (κ1) is 36.4. The van der Waals surface area contributed by atoms with Gasteiger partial charge in [0.2, 0.25) is 5.28 Å². The Kier molecular flexibility index (Phi) is 11.1. The average Bonchev–Trinajstić information content (AvgIpc) is 3.08. The van der Waals surface area contributed by atoms with Gasteiger partial charge >= 0.3 is 0 Å². The van der Waals surface area contributed by atoms with E-state index in [1.54, 1.807) is 4.90 Å². The van der Waals surface area contributed by atoms with Gasteiger partial charge in [0.1, 0.15) is 23.4 Å². The Bertz CT molecular complexity index is 1830. The van der Waals surface area contributed by atoms with Crippen molar-refractivity contribution in [1.82, 2.24) is 30.0 Å². The Labute approximate surface area is 305 Å². The zero-order chi connectivity index (χ0) is 36.3. The zero-order valence-electron chi connectivity index (χ0n) is 30.3. The van der Waals surface area contributed by atoms with Gasteiger partial charge in [0, 0.05) is 68.4 Å². The topological polar surface area (TPSA) is 96.8 Å². The fourth-order valence-corrected chi connectivity index (χ4v) is 7.55. The van der Waals surface area contributed by atoms with Crippen LogP contribution in [0.4, 0.5) is 10.2 Å². The van der Waals surface area contributed by atoms with Crippen molar-refractivity contribution >= 4 is 23.3 Å². The van der Waals surface area contributed by atoms with Crippen molar-refractivity contribution in [3.63, 3.8) is 0 Å². The third kappa shape index (κ3) is 7.79. The Hall–Kier alpha value is -4.35. The minimum Gasteiger partial charge on any atom is -0.490 e. The van der Waals surface area contributed by atoms with E-state index >= 15 is 0 Å². The van der Waals surface area contributed by atoms with E-state index in [0.29, 0.717) is 18.4 Å². The predicted molar refractivity (Wildman–Crippen MR) is 196 cm³/mol. The molecule has 12 heteroatoms. The average molecular weight is 716 g/mol. The normalized spacial score (nSPS) is 17.9. The minimum atomic E-state index is -0.533. The van der Waals surface area contributed by atoms with E-state index < -0.39 is 5.82 Å². The molecule has 0 bridgehead atoms. The number of hydrogen-bond acceptors (Lipinski definition) is 9. The summed E-state index contributed by atoms with van der Waals surface area (Å²) in [7, 11) is 0. The lowest BCUT2D eigenvalue weighted by atomic mass is 9.61. The minimum absolute atomic E-state index is 0.0106. The number of anilines is 1. The van der Waals surface area contributed by atoms with Gasteiger partial charge < -0.3 is 19.3 Å². The van der Waals surface area contributed by atoms with Crippen LogP contribution in [0.3, 0.4) is 0 Å². The first-order valence-electron chi connectivity index (χ1n) is 18.0. The Balaban J connectivity index is 0.00000220. The molecule has 2 aliphatic heterocycles. The summed E-state index contributed by atoms with van der Waals surface area (Å²) in [5, 5.41) is 8.07. The molecular weight excluding hydrogens is 669 g/mol. The van der Waals surface area contributed by atoms with Crippen molar-refractivity contribution in [2.75, 3.05) is 24.5 Å². The molecule has 0 N–H and O–H groups in total. The van der Waals surface area contributed by atoms with Crippen LogP contribution in [0.2, 0.25) is 5.28 Å². The molecule has 2 fully saturated rings. The SMILES string of the molecule is CC.CCN(C(=O)c1cc(F)ccc1Oc1nnc(Cl)nc1N1CC2(CC(Oc3ccnc4c3CN(Cc3ccccc3)C(C)C4)C2)C1)C(C)C. The van der Waals surface area contributed by atoms with Crippen molar-refractivity contribution in [3.05, 3.63) is 94.3 Å². The number of aromatic nitrogens is 4. The molecular formula is C39H47ClFN7O3. The molecule has 10 nitrogen and oxygen atoms in total. The maximum Gasteiger partial charge on any atom is 0.282 e. The number of carbonyl (C=O) groups is 1. The molecule has 1 aliphatic carbocycles. The van der Waals surface area contributed by atoms with Gasteiger partial charge in [0.25, 0.3) is 11.8 Å². The first-order chi connectivity index (χ1) is 24.6. The molecule has 1 spiro atoms. The largest absolute Gasteiger partial charge is 0.490 e. The van der Waals surface area contributed by atoms with Gasteiger partial charge in [0.05, 0.1) is 11.3 Å². The molecule has 1 amide bonds. The molecule has 4 heterocycles.